The number of fused-ring (bicyclic) bond motifs is 6. The fourth-order valence-corrected chi connectivity index (χ4v) is 7.75. The minimum absolute atomic E-state index is 0.0415. The lowest BCUT2D eigenvalue weighted by molar-refractivity contribution is -0.116. The van der Waals surface area contributed by atoms with Crippen molar-refractivity contribution in [1.29, 1.82) is 0 Å². The average molecular weight is 862 g/mol. The molecule has 0 saturated heterocycles. The molecule has 0 atom stereocenters. The van der Waals surface area contributed by atoms with Gasteiger partial charge < -0.3 is 58.7 Å². The summed E-state index contributed by atoms with van der Waals surface area (Å²) in [6.45, 7) is 19.7. The Morgan fingerprint density at radius 3 is 1.87 bits per heavy atom. The number of carbonyl (C=O) groups is 1. The van der Waals surface area contributed by atoms with Crippen LogP contribution in [0.5, 0.6) is 40.2 Å². The Hall–Kier alpha value is -7.03. The molecule has 1 amide bonds. The molecule has 10 rings (SSSR count). The second-order valence-electron chi connectivity index (χ2n) is 15.0. The van der Waals surface area contributed by atoms with Gasteiger partial charge in [0.25, 0.3) is 0 Å². The first-order valence-electron chi connectivity index (χ1n) is 21.6. The summed E-state index contributed by atoms with van der Waals surface area (Å²) in [6.07, 6.45) is 0. The van der Waals surface area contributed by atoms with Crippen LogP contribution in [0.25, 0.3) is 22.6 Å². The van der Waals surface area contributed by atoms with Gasteiger partial charge in [-0.15, -0.1) is 0 Å². The Morgan fingerprint density at radius 2 is 1.22 bits per heavy atom. The minimum atomic E-state index is -0.0415. The van der Waals surface area contributed by atoms with Gasteiger partial charge in [-0.2, -0.15) is 0 Å². The topological polar surface area (TPSA) is 165 Å². The number of hydrogen-bond donors (Lipinski definition) is 4. The van der Waals surface area contributed by atoms with Crippen molar-refractivity contribution < 1.29 is 43.5 Å². The van der Waals surface area contributed by atoms with Gasteiger partial charge in [-0.05, 0) is 70.2 Å². The minimum Gasteiger partial charge on any atom is -0.508 e. The van der Waals surface area contributed by atoms with E-state index in [1.165, 1.54) is 18.3 Å². The molecule has 332 valence electrons. The molecular formula is C48H57N6O9+. The molecule has 0 aromatic heterocycles. The van der Waals surface area contributed by atoms with E-state index >= 15 is 0 Å². The van der Waals surface area contributed by atoms with Crippen LogP contribution in [-0.2, 0) is 4.79 Å². The van der Waals surface area contributed by atoms with Crippen molar-refractivity contribution in [2.24, 2.45) is 0 Å². The van der Waals surface area contributed by atoms with E-state index in [9.17, 15) is 15.0 Å². The number of anilines is 4. The first-order chi connectivity index (χ1) is 30.6. The maximum Gasteiger partial charge on any atom is 0.224 e. The third-order valence-electron chi connectivity index (χ3n) is 11.0. The van der Waals surface area contributed by atoms with E-state index in [2.05, 4.69) is 65.6 Å². The highest BCUT2D eigenvalue weighted by Crippen LogP contribution is 2.38. The van der Waals surface area contributed by atoms with Gasteiger partial charge in [0.15, 0.2) is 11.3 Å². The number of aromatic hydroxyl groups is 3. The van der Waals surface area contributed by atoms with E-state index in [0.717, 1.165) is 109 Å². The zero-order valence-corrected chi connectivity index (χ0v) is 36.6. The quantitative estimate of drug-likeness (QED) is 0.107. The normalized spacial score (nSPS) is 14.3. The maximum atomic E-state index is 11.3. The molecule has 0 fully saturated rings. The fourth-order valence-electron chi connectivity index (χ4n) is 7.75. The van der Waals surface area contributed by atoms with Crippen LogP contribution in [0.3, 0.4) is 0 Å². The number of likely N-dealkylation sites (N-methyl/N-ethyl adjacent to an activating group) is 2. The summed E-state index contributed by atoms with van der Waals surface area (Å²) in [4.78, 5) is 22.1. The predicted octanol–water partition coefficient (Wildman–Crippen LogP) is 6.91. The van der Waals surface area contributed by atoms with E-state index in [1.807, 2.05) is 18.2 Å². The third-order valence-corrected chi connectivity index (χ3v) is 11.0. The van der Waals surface area contributed by atoms with Crippen LogP contribution in [0, 0.1) is 0 Å². The number of amides is 1. The van der Waals surface area contributed by atoms with E-state index < -0.39 is 0 Å². The Bertz CT molecular complexity index is 2570. The Morgan fingerprint density at radius 1 is 0.651 bits per heavy atom. The first kappa shape index (κ1) is 44.0. The number of ether oxygens (including phenoxy) is 4. The molecule has 4 N–H and O–H groups in total. The number of aromatic nitrogens is 1. The van der Waals surface area contributed by atoms with Crippen LogP contribution < -0.4 is 48.9 Å². The molecule has 63 heavy (non-hydrogen) atoms. The first-order valence-corrected chi connectivity index (χ1v) is 21.6. The molecule has 5 heterocycles. The molecule has 0 unspecified atom stereocenters. The summed E-state index contributed by atoms with van der Waals surface area (Å²) in [5.74, 6) is 4.69. The van der Waals surface area contributed by atoms with Crippen LogP contribution in [0.1, 0.15) is 34.6 Å². The van der Waals surface area contributed by atoms with Gasteiger partial charge in [0, 0.05) is 63.0 Å². The molecular weight excluding hydrogens is 805 g/mol. The molecule has 6 aliphatic rings. The van der Waals surface area contributed by atoms with Crippen molar-refractivity contribution in [3.63, 3.8) is 0 Å². The second kappa shape index (κ2) is 20.2. The van der Waals surface area contributed by atoms with Crippen LogP contribution in [-0.4, -0.2) is 105 Å². The molecule has 15 heteroatoms. The highest BCUT2D eigenvalue weighted by atomic mass is 16.5. The van der Waals surface area contributed by atoms with Crippen LogP contribution in [0.4, 0.5) is 22.7 Å². The lowest BCUT2D eigenvalue weighted by Gasteiger charge is -2.30. The predicted molar refractivity (Wildman–Crippen MR) is 246 cm³/mol. The van der Waals surface area contributed by atoms with Gasteiger partial charge in [-0.25, -0.2) is 9.56 Å². The third kappa shape index (κ3) is 10.4. The highest BCUT2D eigenvalue weighted by Gasteiger charge is 2.23. The SMILES string of the molecule is CC(=O)N1CCOc2ccc(O)cc21.CCN1CCOc2cc3nc4ccc(=[N+](CC)CC)cc-4oc3cc21.CCN1CCOc2ccc(O)cc21.Oc1ccc2c(c1)NCCO2. The summed E-state index contributed by atoms with van der Waals surface area (Å²) in [5, 5.41) is 32.0. The number of benzene rings is 5. The molecule has 5 aliphatic heterocycles. The van der Waals surface area contributed by atoms with Crippen molar-refractivity contribution in [2.75, 3.05) is 98.8 Å². The van der Waals surface area contributed by atoms with E-state index in [4.69, 9.17) is 33.5 Å². The Labute approximate surface area is 367 Å². The van der Waals surface area contributed by atoms with E-state index in [0.29, 0.717) is 43.6 Å². The largest absolute Gasteiger partial charge is 0.508 e. The summed E-state index contributed by atoms with van der Waals surface area (Å²) in [6, 6.07) is 25.3. The number of hydrogen-bond acceptors (Lipinski definition) is 13. The molecule has 0 radical (unpaired) electrons. The molecule has 0 spiro atoms. The summed E-state index contributed by atoms with van der Waals surface area (Å²) < 4.78 is 30.5. The van der Waals surface area contributed by atoms with E-state index in [1.54, 1.807) is 47.4 Å². The van der Waals surface area contributed by atoms with Gasteiger partial charge >= 0.3 is 0 Å². The fraction of sp³-hybridized carbons (Fsp3) is 0.354. The van der Waals surface area contributed by atoms with Gasteiger partial charge in [-0.3, -0.25) is 4.79 Å². The lowest BCUT2D eigenvalue weighted by atomic mass is 10.2. The van der Waals surface area contributed by atoms with Gasteiger partial charge in [0.1, 0.15) is 91.0 Å². The molecule has 4 aromatic rings. The number of phenolic OH excluding ortho intramolecular Hbond substituents is 3. The number of nitrogens with zero attached hydrogens (tertiary/aromatic N) is 5. The average Bonchev–Trinajstić information content (AvgIpc) is 3.30. The van der Waals surface area contributed by atoms with Crippen molar-refractivity contribution in [1.82, 2.24) is 9.56 Å². The van der Waals surface area contributed by atoms with Crippen molar-refractivity contribution >= 4 is 39.8 Å². The van der Waals surface area contributed by atoms with E-state index in [-0.39, 0.29) is 17.4 Å². The second-order valence-corrected chi connectivity index (χ2v) is 15.0. The standard InChI is InChI=1S/C20H24N3O2.C10H11NO3.C10H13NO2.C8H9NO2/c1-4-22(5-2)14-7-8-15-18(11-14)25-19-13-17-20(12-16(19)21-15)24-10-9-23(17)6-3;1-7(12)11-4-5-14-10-3-2-8(13)6-9(10)11;1-2-11-5-6-13-10-4-3-8(12)7-9(10)11;10-6-1-2-8-7(5-6)9-3-4-11-8/h7-8,11-13H,4-6,9-10H2,1-3H3;2-3,6,13H,4-5H2,1H3;3-4,7,12H,2,5-6H2,1H3;1-2,5,9-10H,3-4H2/q+1;;;. The summed E-state index contributed by atoms with van der Waals surface area (Å²) in [5.41, 5.74) is 6.10. The lowest BCUT2D eigenvalue weighted by Crippen LogP contribution is -2.36. The van der Waals surface area contributed by atoms with Crippen LogP contribution in [0.2, 0.25) is 0 Å². The zero-order chi connectivity index (χ0) is 44.5. The molecule has 4 aromatic carbocycles. The van der Waals surface area contributed by atoms with Crippen LogP contribution >= 0.6 is 0 Å². The smallest absolute Gasteiger partial charge is 0.224 e. The molecule has 15 nitrogen and oxygen atoms in total. The number of carbonyl (C=O) groups excluding carboxylic acids is 1. The number of rotatable bonds is 4. The zero-order valence-electron chi connectivity index (χ0n) is 36.6. The maximum absolute atomic E-state index is 11.3. The van der Waals surface area contributed by atoms with Crippen molar-refractivity contribution in [3.05, 3.63) is 90.3 Å². The number of nitrogens with one attached hydrogen (secondary N) is 1. The van der Waals surface area contributed by atoms with Gasteiger partial charge in [-0.1, -0.05) is 0 Å². The van der Waals surface area contributed by atoms with Crippen molar-refractivity contribution in [3.8, 4) is 51.7 Å². The molecule has 0 saturated carbocycles. The van der Waals surface area contributed by atoms with Gasteiger partial charge in [0.05, 0.1) is 48.5 Å². The summed E-state index contributed by atoms with van der Waals surface area (Å²) in [7, 11) is 0. The monoisotopic (exact) mass is 861 g/mol. The molecule has 1 aliphatic carbocycles. The Kier molecular flexibility index (Phi) is 14.1. The molecule has 0 bridgehead atoms. The van der Waals surface area contributed by atoms with Crippen molar-refractivity contribution in [2.45, 2.75) is 34.6 Å². The highest BCUT2D eigenvalue weighted by molar-refractivity contribution is 5.94. The van der Waals surface area contributed by atoms with Crippen LogP contribution in [0.15, 0.2) is 89.3 Å². The number of phenols is 3. The van der Waals surface area contributed by atoms with Gasteiger partial charge in [0.2, 0.25) is 11.3 Å². The Balaban J connectivity index is 0.000000134. The summed E-state index contributed by atoms with van der Waals surface area (Å²) >= 11 is 0.